The van der Waals surface area contributed by atoms with Crippen LogP contribution in [0.3, 0.4) is 0 Å². The van der Waals surface area contributed by atoms with Crippen LogP contribution >= 0.6 is 0 Å². The van der Waals surface area contributed by atoms with E-state index in [1.807, 2.05) is 26.8 Å². The fourth-order valence-corrected chi connectivity index (χ4v) is 1.23. The van der Waals surface area contributed by atoms with Crippen molar-refractivity contribution in [1.29, 1.82) is 0 Å². The zero-order chi connectivity index (χ0) is 11.4. The van der Waals surface area contributed by atoms with E-state index < -0.39 is 6.10 Å². The number of nitrogens with zero attached hydrogens (tertiary/aromatic N) is 1. The topological polar surface area (TPSA) is 42.4 Å². The van der Waals surface area contributed by atoms with Crippen LogP contribution in [0.25, 0.3) is 0 Å². The molecule has 1 heterocycles. The van der Waals surface area contributed by atoms with Gasteiger partial charge in [-0.25, -0.2) is 4.98 Å². The molecule has 82 valence electrons. The fourth-order valence-electron chi connectivity index (χ4n) is 1.23. The van der Waals surface area contributed by atoms with Crippen LogP contribution in [-0.2, 0) is 0 Å². The third-order valence-electron chi connectivity index (χ3n) is 1.96. The van der Waals surface area contributed by atoms with E-state index in [1.165, 1.54) is 6.08 Å². The lowest BCUT2D eigenvalue weighted by molar-refractivity contribution is 0.222. The molecule has 3 nitrogen and oxygen atoms in total. The van der Waals surface area contributed by atoms with Crippen LogP contribution in [0.1, 0.15) is 31.1 Å². The van der Waals surface area contributed by atoms with Crippen molar-refractivity contribution in [2.45, 2.75) is 33.0 Å². The Balaban J connectivity index is 2.92. The summed E-state index contributed by atoms with van der Waals surface area (Å²) in [5.41, 5.74) is 1.65. The van der Waals surface area contributed by atoms with Crippen LogP contribution in [0.4, 0.5) is 0 Å². The molecular weight excluding hydrogens is 190 g/mol. The van der Waals surface area contributed by atoms with Gasteiger partial charge in [0.25, 0.3) is 0 Å². The van der Waals surface area contributed by atoms with Crippen molar-refractivity contribution in [3.8, 4) is 5.88 Å². The van der Waals surface area contributed by atoms with Crippen molar-refractivity contribution in [3.05, 3.63) is 36.0 Å². The SMILES string of the molecule is C=CC(O)c1cnc(OC(C)C)c(C)c1. The molecule has 0 aliphatic rings. The van der Waals surface area contributed by atoms with Gasteiger partial charge in [-0.1, -0.05) is 6.08 Å². The van der Waals surface area contributed by atoms with Crippen molar-refractivity contribution in [3.63, 3.8) is 0 Å². The lowest BCUT2D eigenvalue weighted by atomic mass is 10.1. The second-order valence-corrected chi connectivity index (χ2v) is 3.74. The predicted octanol–water partition coefficient (Wildman–Crippen LogP) is 2.40. The summed E-state index contributed by atoms with van der Waals surface area (Å²) < 4.78 is 5.49. The lowest BCUT2D eigenvalue weighted by Gasteiger charge is -2.13. The Morgan fingerprint density at radius 1 is 1.53 bits per heavy atom. The van der Waals surface area contributed by atoms with Crippen molar-refractivity contribution in [2.75, 3.05) is 0 Å². The molecular formula is C12H17NO2. The maximum absolute atomic E-state index is 9.53. The fraction of sp³-hybridized carbons (Fsp3) is 0.417. The molecule has 3 heteroatoms. The molecule has 0 aromatic carbocycles. The molecule has 1 rings (SSSR count). The van der Waals surface area contributed by atoms with Gasteiger partial charge in [0, 0.05) is 17.3 Å². The first-order valence-corrected chi connectivity index (χ1v) is 4.98. The van der Waals surface area contributed by atoms with Gasteiger partial charge in [-0.15, -0.1) is 6.58 Å². The molecule has 0 bridgehead atoms. The third kappa shape index (κ3) is 3.06. The Kier molecular flexibility index (Phi) is 3.86. The number of hydrogen-bond donors (Lipinski definition) is 1. The first-order chi connectivity index (χ1) is 7.04. The number of rotatable bonds is 4. The van der Waals surface area contributed by atoms with Crippen LogP contribution in [0, 0.1) is 6.92 Å². The molecule has 0 aliphatic heterocycles. The average Bonchev–Trinajstić information content (AvgIpc) is 2.19. The van der Waals surface area contributed by atoms with E-state index in [2.05, 4.69) is 11.6 Å². The normalized spacial score (nSPS) is 12.6. The first-order valence-electron chi connectivity index (χ1n) is 4.98. The Labute approximate surface area is 90.4 Å². The minimum Gasteiger partial charge on any atom is -0.475 e. The summed E-state index contributed by atoms with van der Waals surface area (Å²) in [7, 11) is 0. The molecule has 0 fully saturated rings. The first kappa shape index (κ1) is 11.7. The number of aryl methyl sites for hydroxylation is 1. The van der Waals surface area contributed by atoms with E-state index in [4.69, 9.17) is 4.74 Å². The minimum absolute atomic E-state index is 0.103. The molecule has 0 saturated heterocycles. The lowest BCUT2D eigenvalue weighted by Crippen LogP contribution is -2.08. The summed E-state index contributed by atoms with van der Waals surface area (Å²) >= 11 is 0. The highest BCUT2D eigenvalue weighted by atomic mass is 16.5. The van der Waals surface area contributed by atoms with Crippen LogP contribution in [-0.4, -0.2) is 16.2 Å². The van der Waals surface area contributed by atoms with Crippen LogP contribution in [0.15, 0.2) is 24.9 Å². The summed E-state index contributed by atoms with van der Waals surface area (Å²) in [4.78, 5) is 4.16. The van der Waals surface area contributed by atoms with Gasteiger partial charge in [0.15, 0.2) is 0 Å². The molecule has 1 atom stereocenters. The van der Waals surface area contributed by atoms with Crippen molar-refractivity contribution >= 4 is 0 Å². The molecule has 0 spiro atoms. The second kappa shape index (κ2) is 4.94. The number of hydrogen-bond acceptors (Lipinski definition) is 3. The van der Waals surface area contributed by atoms with Crippen LogP contribution in [0.5, 0.6) is 5.88 Å². The number of aromatic nitrogens is 1. The minimum atomic E-state index is -0.663. The summed E-state index contributed by atoms with van der Waals surface area (Å²) in [6, 6.07) is 1.86. The molecule has 1 unspecified atom stereocenters. The predicted molar refractivity (Wildman–Crippen MR) is 59.9 cm³/mol. The van der Waals surface area contributed by atoms with Gasteiger partial charge in [0.1, 0.15) is 0 Å². The van der Waals surface area contributed by atoms with Crippen LogP contribution in [0.2, 0.25) is 0 Å². The number of pyridine rings is 1. The second-order valence-electron chi connectivity index (χ2n) is 3.74. The molecule has 0 aliphatic carbocycles. The molecule has 0 amide bonds. The Morgan fingerprint density at radius 3 is 2.67 bits per heavy atom. The van der Waals surface area contributed by atoms with E-state index in [0.29, 0.717) is 5.88 Å². The number of aliphatic hydroxyl groups is 1. The van der Waals surface area contributed by atoms with E-state index >= 15 is 0 Å². The highest BCUT2D eigenvalue weighted by molar-refractivity contribution is 5.30. The number of ether oxygens (including phenoxy) is 1. The zero-order valence-corrected chi connectivity index (χ0v) is 9.40. The van der Waals surface area contributed by atoms with E-state index in [-0.39, 0.29) is 6.10 Å². The zero-order valence-electron chi connectivity index (χ0n) is 9.40. The van der Waals surface area contributed by atoms with Crippen molar-refractivity contribution in [2.24, 2.45) is 0 Å². The van der Waals surface area contributed by atoms with Gasteiger partial charge in [0.2, 0.25) is 5.88 Å². The average molecular weight is 207 g/mol. The Morgan fingerprint density at radius 2 is 2.20 bits per heavy atom. The van der Waals surface area contributed by atoms with Crippen molar-refractivity contribution < 1.29 is 9.84 Å². The van der Waals surface area contributed by atoms with Gasteiger partial charge in [0.05, 0.1) is 12.2 Å². The summed E-state index contributed by atoms with van der Waals surface area (Å²) in [6.07, 6.45) is 2.52. The van der Waals surface area contributed by atoms with Gasteiger partial charge in [-0.3, -0.25) is 0 Å². The molecule has 15 heavy (non-hydrogen) atoms. The smallest absolute Gasteiger partial charge is 0.216 e. The van der Waals surface area contributed by atoms with Gasteiger partial charge in [-0.05, 0) is 26.8 Å². The standard InChI is InChI=1S/C12H17NO2/c1-5-11(14)10-6-9(4)12(13-7-10)15-8(2)3/h5-8,11,14H,1H2,2-4H3. The van der Waals surface area contributed by atoms with Gasteiger partial charge < -0.3 is 9.84 Å². The Bertz CT molecular complexity index is 347. The quantitative estimate of drug-likeness (QED) is 0.771. The molecule has 1 N–H and O–H groups in total. The Hall–Kier alpha value is -1.35. The van der Waals surface area contributed by atoms with E-state index in [1.54, 1.807) is 6.20 Å². The highest BCUT2D eigenvalue weighted by Gasteiger charge is 2.08. The highest BCUT2D eigenvalue weighted by Crippen LogP contribution is 2.20. The molecule has 0 saturated carbocycles. The summed E-state index contributed by atoms with van der Waals surface area (Å²) in [5.74, 6) is 0.616. The summed E-state index contributed by atoms with van der Waals surface area (Å²) in [5, 5.41) is 9.53. The molecule has 1 aromatic rings. The maximum Gasteiger partial charge on any atom is 0.216 e. The van der Waals surface area contributed by atoms with Gasteiger partial charge >= 0.3 is 0 Å². The van der Waals surface area contributed by atoms with Crippen molar-refractivity contribution in [1.82, 2.24) is 4.98 Å². The molecule has 0 radical (unpaired) electrons. The largest absolute Gasteiger partial charge is 0.475 e. The van der Waals surface area contributed by atoms with Crippen LogP contribution < -0.4 is 4.74 Å². The molecule has 1 aromatic heterocycles. The number of aliphatic hydroxyl groups excluding tert-OH is 1. The maximum atomic E-state index is 9.53. The summed E-state index contributed by atoms with van der Waals surface area (Å²) in [6.45, 7) is 9.34. The third-order valence-corrected chi connectivity index (χ3v) is 1.96. The monoisotopic (exact) mass is 207 g/mol. The van der Waals surface area contributed by atoms with Gasteiger partial charge in [-0.2, -0.15) is 0 Å². The van der Waals surface area contributed by atoms with E-state index in [0.717, 1.165) is 11.1 Å². The van der Waals surface area contributed by atoms with E-state index in [9.17, 15) is 5.11 Å².